The Labute approximate surface area is 123 Å². The van der Waals surface area contributed by atoms with Crippen molar-refractivity contribution in [2.45, 2.75) is 13.3 Å². The van der Waals surface area contributed by atoms with Gasteiger partial charge >= 0.3 is 5.97 Å². The van der Waals surface area contributed by atoms with Crippen molar-refractivity contribution in [3.63, 3.8) is 0 Å². The Kier molecular flexibility index (Phi) is 4.59. The van der Waals surface area contributed by atoms with E-state index >= 15 is 0 Å². The van der Waals surface area contributed by atoms with Gasteiger partial charge in [-0.3, -0.25) is 0 Å². The van der Waals surface area contributed by atoms with Gasteiger partial charge in [0.2, 0.25) is 0 Å². The highest BCUT2D eigenvalue weighted by Crippen LogP contribution is 2.26. The summed E-state index contributed by atoms with van der Waals surface area (Å²) in [5, 5.41) is 9.65. The van der Waals surface area contributed by atoms with E-state index in [1.54, 1.807) is 12.1 Å². The van der Waals surface area contributed by atoms with Crippen molar-refractivity contribution in [3.8, 4) is 0 Å². The minimum Gasteiger partial charge on any atom is -0.478 e. The Morgan fingerprint density at radius 2 is 1.85 bits per heavy atom. The highest BCUT2D eigenvalue weighted by molar-refractivity contribution is 6.30. The third-order valence-electron chi connectivity index (χ3n) is 3.08. The van der Waals surface area contributed by atoms with Gasteiger partial charge in [0, 0.05) is 11.1 Å². The van der Waals surface area contributed by atoms with Crippen molar-refractivity contribution in [2.24, 2.45) is 0 Å². The normalized spacial score (nSPS) is 11.4. The van der Waals surface area contributed by atoms with Crippen molar-refractivity contribution in [3.05, 3.63) is 76.3 Å². The SMILES string of the molecule is CCc1ccc(/C(=C/C(=O)O)c2cccc(Cl)c2)cc1. The zero-order valence-electron chi connectivity index (χ0n) is 11.1. The van der Waals surface area contributed by atoms with Crippen LogP contribution in [-0.4, -0.2) is 11.1 Å². The standard InChI is InChI=1S/C17H15ClO2/c1-2-12-6-8-13(9-7-12)16(11-17(19)20)14-4-3-5-15(18)10-14/h3-11H,2H2,1H3,(H,19,20)/b16-11-. The fraction of sp³-hybridized carbons (Fsp3) is 0.118. The minimum atomic E-state index is -0.973. The van der Waals surface area contributed by atoms with E-state index < -0.39 is 5.97 Å². The zero-order chi connectivity index (χ0) is 14.5. The van der Waals surface area contributed by atoms with Gasteiger partial charge in [-0.15, -0.1) is 0 Å². The maximum atomic E-state index is 11.1. The number of carboxylic acid groups (broad SMARTS) is 1. The van der Waals surface area contributed by atoms with E-state index in [2.05, 4.69) is 6.92 Å². The molecule has 0 unspecified atom stereocenters. The predicted octanol–water partition coefficient (Wildman–Crippen LogP) is 4.42. The van der Waals surface area contributed by atoms with Gasteiger partial charge in [-0.2, -0.15) is 0 Å². The quantitative estimate of drug-likeness (QED) is 0.845. The molecular formula is C17H15ClO2. The number of carboxylic acids is 1. The summed E-state index contributed by atoms with van der Waals surface area (Å²) >= 11 is 5.99. The van der Waals surface area contributed by atoms with Crippen LogP contribution in [0.25, 0.3) is 5.57 Å². The Morgan fingerprint density at radius 1 is 1.15 bits per heavy atom. The van der Waals surface area contributed by atoms with Crippen LogP contribution >= 0.6 is 11.6 Å². The molecule has 2 rings (SSSR count). The van der Waals surface area contributed by atoms with Crippen LogP contribution in [0.2, 0.25) is 5.02 Å². The second-order valence-corrected chi connectivity index (χ2v) is 4.89. The summed E-state index contributed by atoms with van der Waals surface area (Å²) < 4.78 is 0. The summed E-state index contributed by atoms with van der Waals surface area (Å²) in [6, 6.07) is 15.1. The lowest BCUT2D eigenvalue weighted by molar-refractivity contribution is -0.131. The second kappa shape index (κ2) is 6.40. The number of hydrogen-bond donors (Lipinski definition) is 1. The van der Waals surface area contributed by atoms with Crippen molar-refractivity contribution in [1.29, 1.82) is 0 Å². The average molecular weight is 287 g/mol. The molecule has 0 aliphatic rings. The molecule has 3 heteroatoms. The van der Waals surface area contributed by atoms with Gasteiger partial charge in [-0.25, -0.2) is 4.79 Å². The number of aryl methyl sites for hydroxylation is 1. The van der Waals surface area contributed by atoms with Crippen LogP contribution in [-0.2, 0) is 11.2 Å². The first-order valence-electron chi connectivity index (χ1n) is 6.40. The molecular weight excluding hydrogens is 272 g/mol. The first-order chi connectivity index (χ1) is 9.60. The summed E-state index contributed by atoms with van der Waals surface area (Å²) in [6.45, 7) is 2.08. The van der Waals surface area contributed by atoms with E-state index in [1.807, 2.05) is 36.4 Å². The van der Waals surface area contributed by atoms with Gasteiger partial charge < -0.3 is 5.11 Å². The Morgan fingerprint density at radius 3 is 2.40 bits per heavy atom. The molecule has 2 nitrogen and oxygen atoms in total. The number of halogens is 1. The average Bonchev–Trinajstić information content (AvgIpc) is 2.45. The van der Waals surface area contributed by atoms with Crippen LogP contribution in [0, 0.1) is 0 Å². The maximum absolute atomic E-state index is 11.1. The summed E-state index contributed by atoms with van der Waals surface area (Å²) in [5.41, 5.74) is 3.54. The van der Waals surface area contributed by atoms with Gasteiger partial charge in [0.05, 0.1) is 0 Å². The van der Waals surface area contributed by atoms with Crippen LogP contribution in [0.5, 0.6) is 0 Å². The fourth-order valence-electron chi connectivity index (χ4n) is 2.03. The monoisotopic (exact) mass is 286 g/mol. The molecule has 0 saturated carbocycles. The molecule has 0 aliphatic carbocycles. The Balaban J connectivity index is 2.50. The smallest absolute Gasteiger partial charge is 0.328 e. The molecule has 0 atom stereocenters. The van der Waals surface area contributed by atoms with Gasteiger partial charge in [-0.1, -0.05) is 54.9 Å². The van der Waals surface area contributed by atoms with Crippen molar-refractivity contribution < 1.29 is 9.90 Å². The molecule has 2 aromatic carbocycles. The second-order valence-electron chi connectivity index (χ2n) is 4.46. The highest BCUT2D eigenvalue weighted by Gasteiger charge is 2.08. The van der Waals surface area contributed by atoms with Crippen molar-refractivity contribution in [1.82, 2.24) is 0 Å². The van der Waals surface area contributed by atoms with Crippen LogP contribution < -0.4 is 0 Å². The van der Waals surface area contributed by atoms with Gasteiger partial charge in [0.25, 0.3) is 0 Å². The topological polar surface area (TPSA) is 37.3 Å². The minimum absolute atomic E-state index is 0.587. The van der Waals surface area contributed by atoms with E-state index in [1.165, 1.54) is 11.6 Å². The maximum Gasteiger partial charge on any atom is 0.328 e. The third kappa shape index (κ3) is 3.49. The molecule has 0 amide bonds. The largest absolute Gasteiger partial charge is 0.478 e. The number of rotatable bonds is 4. The molecule has 0 bridgehead atoms. The lowest BCUT2D eigenvalue weighted by atomic mass is 9.96. The first kappa shape index (κ1) is 14.4. The van der Waals surface area contributed by atoms with E-state index in [4.69, 9.17) is 16.7 Å². The molecule has 1 N–H and O–H groups in total. The van der Waals surface area contributed by atoms with Gasteiger partial charge in [0.15, 0.2) is 0 Å². The van der Waals surface area contributed by atoms with E-state index in [9.17, 15) is 4.79 Å². The van der Waals surface area contributed by atoms with Crippen molar-refractivity contribution >= 4 is 23.1 Å². The first-order valence-corrected chi connectivity index (χ1v) is 6.78. The van der Waals surface area contributed by atoms with E-state index in [-0.39, 0.29) is 0 Å². The number of aliphatic carboxylic acids is 1. The molecule has 0 spiro atoms. The summed E-state index contributed by atoms with van der Waals surface area (Å²) in [5.74, 6) is -0.973. The van der Waals surface area contributed by atoms with E-state index in [0.717, 1.165) is 17.5 Å². The van der Waals surface area contributed by atoms with Crippen LogP contribution in [0.15, 0.2) is 54.6 Å². The van der Waals surface area contributed by atoms with E-state index in [0.29, 0.717) is 10.6 Å². The van der Waals surface area contributed by atoms with Crippen molar-refractivity contribution in [2.75, 3.05) is 0 Å². The molecule has 0 fully saturated rings. The molecule has 0 aliphatic heterocycles. The Hall–Kier alpha value is -2.06. The summed E-state index contributed by atoms with van der Waals surface area (Å²) in [4.78, 5) is 11.1. The molecule has 0 heterocycles. The van der Waals surface area contributed by atoms with Gasteiger partial charge in [0.1, 0.15) is 0 Å². The summed E-state index contributed by atoms with van der Waals surface area (Å²) in [7, 11) is 0. The predicted molar refractivity (Wildman–Crippen MR) is 82.0 cm³/mol. The molecule has 0 aromatic heterocycles. The highest BCUT2D eigenvalue weighted by atomic mass is 35.5. The number of hydrogen-bond acceptors (Lipinski definition) is 1. The lowest BCUT2D eigenvalue weighted by Crippen LogP contribution is -1.95. The Bertz CT molecular complexity index is 642. The lowest BCUT2D eigenvalue weighted by Gasteiger charge is -2.09. The zero-order valence-corrected chi connectivity index (χ0v) is 11.9. The fourth-order valence-corrected chi connectivity index (χ4v) is 2.22. The van der Waals surface area contributed by atoms with Crippen LogP contribution in [0.4, 0.5) is 0 Å². The molecule has 0 radical (unpaired) electrons. The molecule has 102 valence electrons. The molecule has 2 aromatic rings. The van der Waals surface area contributed by atoms with Crippen LogP contribution in [0.1, 0.15) is 23.6 Å². The molecule has 0 saturated heterocycles. The number of benzene rings is 2. The molecule has 20 heavy (non-hydrogen) atoms. The number of carbonyl (C=O) groups is 1. The summed E-state index contributed by atoms with van der Waals surface area (Å²) in [6.07, 6.45) is 2.17. The van der Waals surface area contributed by atoms with Crippen LogP contribution in [0.3, 0.4) is 0 Å². The van der Waals surface area contributed by atoms with Gasteiger partial charge in [-0.05, 0) is 40.8 Å². The third-order valence-corrected chi connectivity index (χ3v) is 3.31.